The molecule has 198 valence electrons. The van der Waals surface area contributed by atoms with Crippen molar-refractivity contribution in [3.63, 3.8) is 0 Å². The van der Waals surface area contributed by atoms with E-state index in [0.717, 1.165) is 24.2 Å². The average Bonchev–Trinajstić information content (AvgIpc) is 3.27. The summed E-state index contributed by atoms with van der Waals surface area (Å²) < 4.78 is 33.6. The van der Waals surface area contributed by atoms with Gasteiger partial charge in [-0.05, 0) is 41.0 Å². The second-order valence-electron chi connectivity index (χ2n) is 9.24. The zero-order valence-electron chi connectivity index (χ0n) is 20.0. The highest BCUT2D eigenvalue weighted by molar-refractivity contribution is 7.12. The van der Waals surface area contributed by atoms with Crippen molar-refractivity contribution in [2.75, 3.05) is 0 Å². The lowest BCUT2D eigenvalue weighted by Gasteiger charge is -2.18. The lowest BCUT2D eigenvalue weighted by Crippen LogP contribution is -2.35. The molecule has 0 radical (unpaired) electrons. The number of aromatic nitrogens is 7. The Kier molecular flexibility index (Phi) is 6.31. The standard InChI is InChI=1S/C25H19ClF2N8O2S/c26-17-4-6-19(35-12-30-32-33-35)21(23(17)28)14-3-5-18(36(38)10-14)20(7-13-1-2-13)34-9-15(8-31-34)16-11-39-24(22(16)27)25(29)37/h3-6,8-13,20H,1-2,7H2,(H2,29,37)/t20-/m1/s1. The fraction of sp³-hybridized carbons (Fsp3) is 0.200. The zero-order valence-corrected chi connectivity index (χ0v) is 21.6. The molecule has 2 N–H and O–H groups in total. The molecule has 6 rings (SSSR count). The largest absolute Gasteiger partial charge is 0.618 e. The first-order valence-corrected chi connectivity index (χ1v) is 13.1. The number of hydrogen-bond donors (Lipinski definition) is 1. The molecule has 0 bridgehead atoms. The van der Waals surface area contributed by atoms with Gasteiger partial charge in [0.1, 0.15) is 17.2 Å². The molecule has 1 atom stereocenters. The van der Waals surface area contributed by atoms with Crippen LogP contribution in [0.1, 0.15) is 40.7 Å². The smallest absolute Gasteiger partial charge is 0.261 e. The van der Waals surface area contributed by atoms with Gasteiger partial charge < -0.3 is 10.9 Å². The van der Waals surface area contributed by atoms with Crippen LogP contribution in [0.15, 0.2) is 54.6 Å². The Balaban J connectivity index is 1.39. The summed E-state index contributed by atoms with van der Waals surface area (Å²) in [5, 5.41) is 30.3. The van der Waals surface area contributed by atoms with Crippen molar-refractivity contribution in [3.8, 4) is 27.9 Å². The van der Waals surface area contributed by atoms with Crippen LogP contribution in [0.3, 0.4) is 0 Å². The van der Waals surface area contributed by atoms with Gasteiger partial charge in [-0.1, -0.05) is 24.4 Å². The Morgan fingerprint density at radius 3 is 2.72 bits per heavy atom. The summed E-state index contributed by atoms with van der Waals surface area (Å²) in [6.07, 6.45) is 8.43. The van der Waals surface area contributed by atoms with E-state index in [1.165, 1.54) is 34.8 Å². The van der Waals surface area contributed by atoms with Crippen molar-refractivity contribution in [2.24, 2.45) is 11.7 Å². The molecule has 1 aromatic carbocycles. The van der Waals surface area contributed by atoms with Gasteiger partial charge in [0.2, 0.25) is 5.69 Å². The van der Waals surface area contributed by atoms with Gasteiger partial charge >= 0.3 is 0 Å². The summed E-state index contributed by atoms with van der Waals surface area (Å²) in [7, 11) is 0. The minimum Gasteiger partial charge on any atom is -0.618 e. The quantitative estimate of drug-likeness (QED) is 0.219. The molecule has 0 unspecified atom stereocenters. The van der Waals surface area contributed by atoms with E-state index in [4.69, 9.17) is 17.3 Å². The second-order valence-corrected chi connectivity index (χ2v) is 10.5. The van der Waals surface area contributed by atoms with E-state index in [2.05, 4.69) is 20.6 Å². The van der Waals surface area contributed by atoms with E-state index in [0.29, 0.717) is 34.0 Å². The van der Waals surface area contributed by atoms with Gasteiger partial charge in [0.05, 0.1) is 28.0 Å². The molecule has 5 aromatic rings. The SMILES string of the molecule is NC(=O)c1scc(-c2cnn([C@H](CC3CC3)c3ccc(-c4c(-n5cnnn5)ccc(Cl)c4F)c[n+]3[O-])c2)c1F. The molecule has 0 spiro atoms. The van der Waals surface area contributed by atoms with Crippen LogP contribution in [-0.2, 0) is 0 Å². The second kappa shape index (κ2) is 9.82. The molecular formula is C25H19ClF2N8O2S. The maximum absolute atomic E-state index is 15.2. The van der Waals surface area contributed by atoms with Gasteiger partial charge in [0.25, 0.3) is 5.91 Å². The number of nitrogens with zero attached hydrogens (tertiary/aromatic N) is 7. The normalized spacial score (nSPS) is 14.0. The Labute approximate surface area is 228 Å². The number of thiophene rings is 1. The summed E-state index contributed by atoms with van der Waals surface area (Å²) in [4.78, 5) is 11.3. The number of primary amides is 1. The lowest BCUT2D eigenvalue weighted by molar-refractivity contribution is -0.615. The van der Waals surface area contributed by atoms with Gasteiger partial charge in [-0.15, -0.1) is 16.4 Å². The molecule has 10 nitrogen and oxygen atoms in total. The Bertz CT molecular complexity index is 1700. The molecule has 0 aliphatic heterocycles. The molecule has 39 heavy (non-hydrogen) atoms. The van der Waals surface area contributed by atoms with E-state index in [9.17, 15) is 14.4 Å². The number of carbonyl (C=O) groups excluding carboxylic acids is 1. The summed E-state index contributed by atoms with van der Waals surface area (Å²) in [5.41, 5.74) is 6.97. The van der Waals surface area contributed by atoms with Gasteiger partial charge in [-0.2, -0.15) is 14.5 Å². The van der Waals surface area contributed by atoms with Gasteiger partial charge in [0, 0.05) is 28.8 Å². The number of pyridine rings is 1. The number of halogens is 3. The van der Waals surface area contributed by atoms with Crippen LogP contribution < -0.4 is 10.5 Å². The van der Waals surface area contributed by atoms with Crippen molar-refractivity contribution >= 4 is 28.8 Å². The monoisotopic (exact) mass is 568 g/mol. The fourth-order valence-electron chi connectivity index (χ4n) is 4.56. The summed E-state index contributed by atoms with van der Waals surface area (Å²) in [6, 6.07) is 5.75. The molecule has 1 fully saturated rings. The summed E-state index contributed by atoms with van der Waals surface area (Å²) in [6.45, 7) is 0. The number of nitrogens with two attached hydrogens (primary N) is 1. The van der Waals surface area contributed by atoms with Gasteiger partial charge in [-0.25, -0.2) is 8.78 Å². The number of benzene rings is 1. The lowest BCUT2D eigenvalue weighted by atomic mass is 10.0. The molecule has 1 aliphatic carbocycles. The Hall–Kier alpha value is -4.23. The average molecular weight is 569 g/mol. The van der Waals surface area contributed by atoms with Crippen LogP contribution in [0.25, 0.3) is 27.9 Å². The van der Waals surface area contributed by atoms with Gasteiger partial charge in [-0.3, -0.25) is 9.48 Å². The Morgan fingerprint density at radius 1 is 1.23 bits per heavy atom. The molecule has 1 aliphatic rings. The molecule has 14 heteroatoms. The number of amides is 1. The van der Waals surface area contributed by atoms with E-state index >= 15 is 4.39 Å². The number of rotatable bonds is 8. The third kappa shape index (κ3) is 4.63. The van der Waals surface area contributed by atoms with Crippen LogP contribution in [0.2, 0.25) is 5.02 Å². The first-order chi connectivity index (χ1) is 18.8. The van der Waals surface area contributed by atoms with Crippen molar-refractivity contribution < 1.29 is 18.3 Å². The molecule has 1 amide bonds. The molecule has 4 aromatic heterocycles. The maximum Gasteiger partial charge on any atom is 0.261 e. The van der Waals surface area contributed by atoms with Crippen LogP contribution in [0.5, 0.6) is 0 Å². The molecule has 0 saturated heterocycles. The highest BCUT2D eigenvalue weighted by Crippen LogP contribution is 2.40. The third-order valence-corrected chi connectivity index (χ3v) is 7.94. The first kappa shape index (κ1) is 25.1. The van der Waals surface area contributed by atoms with Crippen molar-refractivity contribution in [2.45, 2.75) is 25.3 Å². The van der Waals surface area contributed by atoms with Crippen molar-refractivity contribution in [1.29, 1.82) is 0 Å². The van der Waals surface area contributed by atoms with E-state index in [1.807, 2.05) is 0 Å². The summed E-state index contributed by atoms with van der Waals surface area (Å²) in [5.74, 6) is -1.83. The van der Waals surface area contributed by atoms with Crippen LogP contribution in [0.4, 0.5) is 8.78 Å². The first-order valence-electron chi connectivity index (χ1n) is 11.9. The topological polar surface area (TPSA) is 131 Å². The van der Waals surface area contributed by atoms with Gasteiger partial charge in [0.15, 0.2) is 17.8 Å². The van der Waals surface area contributed by atoms with Crippen molar-refractivity contribution in [3.05, 3.63) is 87.0 Å². The predicted octanol–water partition coefficient (Wildman–Crippen LogP) is 4.31. The van der Waals surface area contributed by atoms with Crippen molar-refractivity contribution in [1.82, 2.24) is 30.0 Å². The predicted molar refractivity (Wildman–Crippen MR) is 138 cm³/mol. The van der Waals surface area contributed by atoms with Crippen LogP contribution in [0, 0.1) is 22.8 Å². The fourth-order valence-corrected chi connectivity index (χ4v) is 5.52. The third-order valence-electron chi connectivity index (χ3n) is 6.68. The highest BCUT2D eigenvalue weighted by Gasteiger charge is 2.33. The minimum atomic E-state index is -0.838. The highest BCUT2D eigenvalue weighted by atomic mass is 35.5. The number of carbonyl (C=O) groups is 1. The Morgan fingerprint density at radius 2 is 2.05 bits per heavy atom. The number of hydrogen-bond acceptors (Lipinski definition) is 7. The maximum atomic E-state index is 15.2. The minimum absolute atomic E-state index is 0.0734. The summed E-state index contributed by atoms with van der Waals surface area (Å²) >= 11 is 6.98. The van der Waals surface area contributed by atoms with Crippen LogP contribution >= 0.6 is 22.9 Å². The van der Waals surface area contributed by atoms with E-state index in [-0.39, 0.29) is 26.6 Å². The molecule has 1 saturated carbocycles. The molecule has 4 heterocycles. The van der Waals surface area contributed by atoms with E-state index in [1.54, 1.807) is 29.1 Å². The zero-order chi connectivity index (χ0) is 27.3. The number of tetrazole rings is 1. The van der Waals surface area contributed by atoms with Crippen LogP contribution in [-0.4, -0.2) is 35.9 Å². The van der Waals surface area contributed by atoms with E-state index < -0.39 is 23.6 Å². The molecular weight excluding hydrogens is 550 g/mol.